The van der Waals surface area contributed by atoms with Crippen LogP contribution in [0.15, 0.2) is 42.7 Å². The van der Waals surface area contributed by atoms with Gasteiger partial charge in [-0.15, -0.1) is 0 Å². The molecule has 7 nitrogen and oxygen atoms in total. The molecule has 1 fully saturated rings. The third-order valence-corrected chi connectivity index (χ3v) is 5.02. The monoisotopic (exact) mass is 385 g/mol. The van der Waals surface area contributed by atoms with Crippen molar-refractivity contribution in [3.63, 3.8) is 0 Å². The van der Waals surface area contributed by atoms with E-state index in [4.69, 9.17) is 9.47 Å². The molecule has 7 heteroatoms. The van der Waals surface area contributed by atoms with Gasteiger partial charge in [0.2, 0.25) is 0 Å². The normalized spacial score (nSPS) is 19.5. The molecule has 0 spiro atoms. The fraction of sp³-hybridized carbons (Fsp3) is 0.429. The van der Waals surface area contributed by atoms with Crippen LogP contribution < -0.4 is 14.8 Å². The average Bonchev–Trinajstić information content (AvgIpc) is 2.72. The lowest BCUT2D eigenvalue weighted by Crippen LogP contribution is -2.57. The highest BCUT2D eigenvalue weighted by Crippen LogP contribution is 2.33. The number of ether oxygens (including phenoxy) is 2. The number of methoxy groups -OCH3 is 2. The van der Waals surface area contributed by atoms with Crippen molar-refractivity contribution >= 4 is 5.91 Å². The Hall–Kier alpha value is -2.64. The first-order valence-corrected chi connectivity index (χ1v) is 9.38. The Morgan fingerprint density at radius 1 is 1.25 bits per heavy atom. The van der Waals surface area contributed by atoms with E-state index in [1.54, 1.807) is 31.5 Å². The van der Waals surface area contributed by atoms with Crippen LogP contribution in [-0.2, 0) is 17.9 Å². The third kappa shape index (κ3) is 4.43. The van der Waals surface area contributed by atoms with Crippen LogP contribution in [0.1, 0.15) is 24.0 Å². The fourth-order valence-corrected chi connectivity index (χ4v) is 3.58. The number of likely N-dealkylation sites (tertiary alicyclic amines) is 1. The maximum absolute atomic E-state index is 13.0. The minimum absolute atomic E-state index is 0.201. The lowest BCUT2D eigenvalue weighted by atomic mass is 9.91. The molecule has 0 saturated carbocycles. The predicted molar refractivity (Wildman–Crippen MR) is 105 cm³/mol. The molecule has 0 bridgehead atoms. The van der Waals surface area contributed by atoms with Gasteiger partial charge in [0.15, 0.2) is 17.1 Å². The van der Waals surface area contributed by atoms with Crippen LogP contribution in [0.5, 0.6) is 11.5 Å². The van der Waals surface area contributed by atoms with Gasteiger partial charge in [-0.25, -0.2) is 0 Å². The molecule has 2 aromatic rings. The Morgan fingerprint density at radius 3 is 2.82 bits per heavy atom. The number of pyridine rings is 1. The second-order valence-electron chi connectivity index (χ2n) is 6.98. The van der Waals surface area contributed by atoms with Gasteiger partial charge >= 0.3 is 0 Å². The summed E-state index contributed by atoms with van der Waals surface area (Å²) in [6, 6.07) is 9.41. The second-order valence-corrected chi connectivity index (χ2v) is 6.98. The number of nitrogens with zero attached hydrogens (tertiary/aromatic N) is 2. The quantitative estimate of drug-likeness (QED) is 0.720. The Balaban J connectivity index is 1.66. The fourth-order valence-electron chi connectivity index (χ4n) is 3.58. The van der Waals surface area contributed by atoms with Crippen LogP contribution in [0, 0.1) is 0 Å². The number of carbonyl (C=O) groups excluding carboxylic acids is 1. The van der Waals surface area contributed by atoms with Gasteiger partial charge in [-0.2, -0.15) is 0 Å². The molecule has 1 amide bonds. The van der Waals surface area contributed by atoms with Crippen LogP contribution in [-0.4, -0.2) is 53.8 Å². The maximum atomic E-state index is 13.0. The van der Waals surface area contributed by atoms with E-state index in [0.717, 1.165) is 17.5 Å². The van der Waals surface area contributed by atoms with Crippen LogP contribution >= 0.6 is 0 Å². The molecule has 1 atom stereocenters. The number of benzene rings is 1. The van der Waals surface area contributed by atoms with Gasteiger partial charge in [0, 0.05) is 44.1 Å². The number of carbonyl (C=O) groups is 1. The summed E-state index contributed by atoms with van der Waals surface area (Å²) < 4.78 is 10.8. The maximum Gasteiger partial charge on any atom is 0.256 e. The summed E-state index contributed by atoms with van der Waals surface area (Å²) >= 11 is 0. The Kier molecular flexibility index (Phi) is 6.49. The SMILES string of the molecule is COc1cccc(CN2CCC[C@](O)(CNCc3cccnc3)C2=O)c1OC. The first kappa shape index (κ1) is 20.1. The number of piperidine rings is 1. The van der Waals surface area contributed by atoms with Crippen molar-refractivity contribution in [2.24, 2.45) is 0 Å². The van der Waals surface area contributed by atoms with Crippen molar-refractivity contribution in [1.29, 1.82) is 0 Å². The smallest absolute Gasteiger partial charge is 0.256 e. The highest BCUT2D eigenvalue weighted by Gasteiger charge is 2.42. The summed E-state index contributed by atoms with van der Waals surface area (Å²) in [7, 11) is 3.17. The van der Waals surface area contributed by atoms with Gasteiger partial charge in [0.1, 0.15) is 0 Å². The minimum Gasteiger partial charge on any atom is -0.493 e. The number of hydrogen-bond acceptors (Lipinski definition) is 6. The molecule has 28 heavy (non-hydrogen) atoms. The number of rotatable bonds is 8. The van der Waals surface area contributed by atoms with E-state index in [2.05, 4.69) is 10.3 Å². The summed E-state index contributed by atoms with van der Waals surface area (Å²) in [6.45, 7) is 1.72. The van der Waals surface area contributed by atoms with E-state index in [9.17, 15) is 9.90 Å². The molecule has 2 N–H and O–H groups in total. The van der Waals surface area contributed by atoms with Crippen LogP contribution in [0.4, 0.5) is 0 Å². The molecule has 1 aromatic carbocycles. The molecule has 0 aliphatic carbocycles. The molecule has 2 heterocycles. The highest BCUT2D eigenvalue weighted by molar-refractivity contribution is 5.86. The molecular formula is C21H27N3O4. The summed E-state index contributed by atoms with van der Waals surface area (Å²) in [5, 5.41) is 14.2. The Morgan fingerprint density at radius 2 is 2.11 bits per heavy atom. The molecular weight excluding hydrogens is 358 g/mol. The number of nitrogens with one attached hydrogen (secondary N) is 1. The number of hydrogen-bond donors (Lipinski definition) is 2. The molecule has 3 rings (SSSR count). The number of aliphatic hydroxyl groups is 1. The lowest BCUT2D eigenvalue weighted by molar-refractivity contribution is -0.157. The highest BCUT2D eigenvalue weighted by atomic mass is 16.5. The first-order valence-electron chi connectivity index (χ1n) is 9.38. The molecule has 1 aliphatic rings. The summed E-state index contributed by atoms with van der Waals surface area (Å²) in [6.07, 6.45) is 4.66. The predicted octanol–water partition coefficient (Wildman–Crippen LogP) is 1.74. The molecule has 1 aromatic heterocycles. The number of amides is 1. The van der Waals surface area contributed by atoms with Gasteiger partial charge in [0.25, 0.3) is 5.91 Å². The molecule has 1 aliphatic heterocycles. The largest absolute Gasteiger partial charge is 0.493 e. The number of para-hydroxylation sites is 1. The molecule has 0 radical (unpaired) electrons. The van der Waals surface area contributed by atoms with E-state index < -0.39 is 5.60 Å². The van der Waals surface area contributed by atoms with Crippen molar-refractivity contribution in [2.75, 3.05) is 27.3 Å². The van der Waals surface area contributed by atoms with Crippen molar-refractivity contribution in [3.05, 3.63) is 53.9 Å². The van der Waals surface area contributed by atoms with Crippen molar-refractivity contribution in [2.45, 2.75) is 31.5 Å². The van der Waals surface area contributed by atoms with Crippen molar-refractivity contribution in [3.8, 4) is 11.5 Å². The van der Waals surface area contributed by atoms with Crippen LogP contribution in [0.2, 0.25) is 0 Å². The van der Waals surface area contributed by atoms with E-state index in [1.165, 1.54) is 0 Å². The summed E-state index contributed by atoms with van der Waals surface area (Å²) in [5.41, 5.74) is 0.446. The van der Waals surface area contributed by atoms with Crippen molar-refractivity contribution in [1.82, 2.24) is 15.2 Å². The van der Waals surface area contributed by atoms with Gasteiger partial charge in [-0.1, -0.05) is 18.2 Å². The van der Waals surface area contributed by atoms with Crippen LogP contribution in [0.25, 0.3) is 0 Å². The van der Waals surface area contributed by atoms with Gasteiger partial charge < -0.3 is 24.8 Å². The van der Waals surface area contributed by atoms with E-state index in [-0.39, 0.29) is 12.5 Å². The molecule has 1 saturated heterocycles. The van der Waals surface area contributed by atoms with Crippen molar-refractivity contribution < 1.29 is 19.4 Å². The van der Waals surface area contributed by atoms with E-state index in [1.807, 2.05) is 30.3 Å². The zero-order valence-electron chi connectivity index (χ0n) is 16.4. The van der Waals surface area contributed by atoms with E-state index in [0.29, 0.717) is 37.6 Å². The standard InChI is InChI=1S/C21H27N3O4/c1-27-18-8-3-7-17(19(18)28-2)14-24-11-5-9-21(26,20(24)25)15-23-13-16-6-4-10-22-12-16/h3-4,6-8,10,12,23,26H,5,9,11,13-15H2,1-2H3/t21-/m0/s1. The molecule has 150 valence electrons. The van der Waals surface area contributed by atoms with E-state index >= 15 is 0 Å². The Bertz CT molecular complexity index is 799. The zero-order valence-corrected chi connectivity index (χ0v) is 16.4. The Labute approximate surface area is 165 Å². The topological polar surface area (TPSA) is 83.9 Å². The number of aromatic nitrogens is 1. The van der Waals surface area contributed by atoms with Gasteiger partial charge in [-0.3, -0.25) is 9.78 Å². The van der Waals surface area contributed by atoms with Gasteiger partial charge in [0.05, 0.1) is 14.2 Å². The summed E-state index contributed by atoms with van der Waals surface area (Å²) in [4.78, 5) is 18.8. The first-order chi connectivity index (χ1) is 13.6. The van der Waals surface area contributed by atoms with Gasteiger partial charge in [-0.05, 0) is 30.5 Å². The van der Waals surface area contributed by atoms with Crippen LogP contribution in [0.3, 0.4) is 0 Å². The second kappa shape index (κ2) is 9.03. The average molecular weight is 385 g/mol. The lowest BCUT2D eigenvalue weighted by Gasteiger charge is -2.38. The summed E-state index contributed by atoms with van der Waals surface area (Å²) in [5.74, 6) is 0.974. The zero-order chi connectivity index (χ0) is 20.0. The minimum atomic E-state index is -1.41. The molecule has 0 unspecified atom stereocenters. The third-order valence-electron chi connectivity index (χ3n) is 5.02.